The first-order valence-electron chi connectivity index (χ1n) is 21.0. The first-order chi connectivity index (χ1) is 28.9. The highest BCUT2D eigenvalue weighted by Crippen LogP contribution is 2.58. The zero-order chi connectivity index (χ0) is 42.1. The van der Waals surface area contributed by atoms with Gasteiger partial charge < -0.3 is 40.3 Å². The average molecular weight is 815 g/mol. The molecule has 0 radical (unpaired) electrons. The fraction of sp³-hybridized carbons (Fsp3) is 0.435. The number of carbonyl (C=O) groups excluding carboxylic acids is 4. The van der Waals surface area contributed by atoms with E-state index >= 15 is 0 Å². The van der Waals surface area contributed by atoms with Crippen LogP contribution in [0.3, 0.4) is 0 Å². The molecule has 14 heteroatoms. The first-order valence-corrected chi connectivity index (χ1v) is 21.0. The summed E-state index contributed by atoms with van der Waals surface area (Å²) < 4.78 is 9.48. The van der Waals surface area contributed by atoms with Gasteiger partial charge in [-0.15, -0.1) is 0 Å². The van der Waals surface area contributed by atoms with Crippen LogP contribution >= 0.6 is 0 Å². The van der Waals surface area contributed by atoms with Gasteiger partial charge in [-0.05, 0) is 95.9 Å². The fourth-order valence-electron chi connectivity index (χ4n) is 8.96. The summed E-state index contributed by atoms with van der Waals surface area (Å²) in [6, 6.07) is 19.2. The van der Waals surface area contributed by atoms with E-state index in [4.69, 9.17) is 14.7 Å². The number of aromatic nitrogens is 4. The SMILES string of the molecule is COC(=O)N[C@@H](C)C(=O)N[C@H](c1ncc(-c2ccc(-c3ccc4cc(-c5cnc([C@@H]6CC7(CC7)CN6C(=O)[C@@H](NC(=O)OC)C(C)C)[nH]5)ccc4c3)cc2)[nH]1)C1CCCC1. The number of imidazole rings is 2. The van der Waals surface area contributed by atoms with Crippen LogP contribution in [0, 0.1) is 17.3 Å². The van der Waals surface area contributed by atoms with Gasteiger partial charge in [0.25, 0.3) is 0 Å². The Bertz CT molecular complexity index is 2380. The number of methoxy groups -OCH3 is 2. The second-order valence-corrected chi connectivity index (χ2v) is 17.2. The zero-order valence-electron chi connectivity index (χ0n) is 34.8. The van der Waals surface area contributed by atoms with E-state index in [-0.39, 0.29) is 41.1 Å². The van der Waals surface area contributed by atoms with Crippen LogP contribution in [0.15, 0.2) is 73.1 Å². The Balaban J connectivity index is 0.957. The van der Waals surface area contributed by atoms with Crippen molar-refractivity contribution in [3.05, 3.63) is 84.7 Å². The molecule has 0 bridgehead atoms. The Morgan fingerprint density at radius 3 is 2.02 bits per heavy atom. The number of carbonyl (C=O) groups is 4. The summed E-state index contributed by atoms with van der Waals surface area (Å²) in [5, 5.41) is 10.6. The van der Waals surface area contributed by atoms with E-state index in [2.05, 4.69) is 91.3 Å². The second-order valence-electron chi connectivity index (χ2n) is 17.2. The third-order valence-electron chi connectivity index (χ3n) is 12.7. The van der Waals surface area contributed by atoms with Gasteiger partial charge in [-0.2, -0.15) is 0 Å². The van der Waals surface area contributed by atoms with Crippen molar-refractivity contribution in [1.82, 2.24) is 40.8 Å². The number of H-pyrrole nitrogens is 2. The Morgan fingerprint density at radius 2 is 1.35 bits per heavy atom. The largest absolute Gasteiger partial charge is 0.453 e. The van der Waals surface area contributed by atoms with Gasteiger partial charge in [0.05, 0.1) is 50.1 Å². The van der Waals surface area contributed by atoms with Crippen molar-refractivity contribution >= 4 is 34.8 Å². The molecule has 2 saturated carbocycles. The topological polar surface area (TPSA) is 183 Å². The molecule has 60 heavy (non-hydrogen) atoms. The van der Waals surface area contributed by atoms with Gasteiger partial charge in [0.1, 0.15) is 23.7 Å². The van der Waals surface area contributed by atoms with E-state index in [0.29, 0.717) is 12.4 Å². The predicted octanol–water partition coefficient (Wildman–Crippen LogP) is 7.81. The maximum absolute atomic E-state index is 13.9. The molecule has 8 rings (SSSR count). The molecule has 5 N–H and O–H groups in total. The van der Waals surface area contributed by atoms with E-state index in [0.717, 1.165) is 95.2 Å². The summed E-state index contributed by atoms with van der Waals surface area (Å²) >= 11 is 0. The molecule has 314 valence electrons. The maximum atomic E-state index is 13.9. The lowest BCUT2D eigenvalue weighted by atomic mass is 9.97. The standard InChI is InChI=1S/C46H54N8O6/c1-26(2)38(53-45(58)60-5)43(56)54-25-46(18-19-46)22-37(54)40-47-24-36(50-40)34-17-16-32-20-31(14-15-33(32)21-34)28-10-12-29(13-11-28)35-23-48-41(51-35)39(30-8-6-7-9-30)52-42(55)27(3)49-44(57)59-4/h10-17,20-21,23-24,26-27,30,37-39H,6-9,18-19,22,25H2,1-5H3,(H,47,50)(H,48,51)(H,49,57)(H,52,55)(H,53,58)/t27-,37-,38-,39-/m0/s1. The monoisotopic (exact) mass is 814 g/mol. The van der Waals surface area contributed by atoms with Crippen LogP contribution in [0.5, 0.6) is 0 Å². The van der Waals surface area contributed by atoms with Crippen molar-refractivity contribution in [1.29, 1.82) is 0 Å². The molecule has 3 aliphatic rings. The molecular formula is C46H54N8O6. The third kappa shape index (κ3) is 8.45. The predicted molar refractivity (Wildman–Crippen MR) is 227 cm³/mol. The van der Waals surface area contributed by atoms with Crippen molar-refractivity contribution in [3.8, 4) is 33.6 Å². The van der Waals surface area contributed by atoms with Crippen molar-refractivity contribution in [2.75, 3.05) is 20.8 Å². The highest BCUT2D eigenvalue weighted by Gasteiger charge is 2.55. The highest BCUT2D eigenvalue weighted by atomic mass is 16.5. The van der Waals surface area contributed by atoms with E-state index in [1.165, 1.54) is 14.2 Å². The van der Waals surface area contributed by atoms with Crippen LogP contribution in [-0.2, 0) is 19.1 Å². The number of likely N-dealkylation sites (tertiary alicyclic amines) is 1. The molecule has 3 heterocycles. The summed E-state index contributed by atoms with van der Waals surface area (Å²) in [7, 11) is 2.58. The van der Waals surface area contributed by atoms with Crippen molar-refractivity contribution < 1.29 is 28.7 Å². The highest BCUT2D eigenvalue weighted by molar-refractivity contribution is 5.91. The number of aromatic amines is 2. The molecular weight excluding hydrogens is 761 g/mol. The van der Waals surface area contributed by atoms with Gasteiger partial charge in [0, 0.05) is 12.1 Å². The lowest BCUT2D eigenvalue weighted by Crippen LogP contribution is -2.51. The number of nitrogens with one attached hydrogen (secondary N) is 5. The molecule has 5 aromatic rings. The number of hydrogen-bond donors (Lipinski definition) is 5. The van der Waals surface area contributed by atoms with Crippen LogP contribution in [0.4, 0.5) is 9.59 Å². The van der Waals surface area contributed by atoms with Crippen LogP contribution < -0.4 is 16.0 Å². The molecule has 2 aromatic heterocycles. The molecule has 0 unspecified atom stereocenters. The number of rotatable bonds is 12. The number of ether oxygens (including phenoxy) is 2. The lowest BCUT2D eigenvalue weighted by Gasteiger charge is -2.30. The smallest absolute Gasteiger partial charge is 0.407 e. The van der Waals surface area contributed by atoms with Gasteiger partial charge in [-0.25, -0.2) is 19.6 Å². The molecule has 1 saturated heterocycles. The van der Waals surface area contributed by atoms with Gasteiger partial charge >= 0.3 is 12.2 Å². The number of benzene rings is 3. The first kappa shape index (κ1) is 40.6. The number of hydrogen-bond acceptors (Lipinski definition) is 8. The summed E-state index contributed by atoms with van der Waals surface area (Å²) in [4.78, 5) is 69.2. The van der Waals surface area contributed by atoms with Gasteiger partial charge in [0.2, 0.25) is 11.8 Å². The lowest BCUT2D eigenvalue weighted by molar-refractivity contribution is -0.135. The Morgan fingerprint density at radius 1 is 0.750 bits per heavy atom. The van der Waals surface area contributed by atoms with Gasteiger partial charge in [0.15, 0.2) is 0 Å². The van der Waals surface area contributed by atoms with E-state index in [1.807, 2.05) is 31.1 Å². The van der Waals surface area contributed by atoms with Crippen molar-refractivity contribution in [2.45, 2.75) is 89.9 Å². The minimum atomic E-state index is -0.753. The molecule has 4 amide bonds. The van der Waals surface area contributed by atoms with E-state index < -0.39 is 24.3 Å². The molecule has 1 spiro atoms. The second kappa shape index (κ2) is 16.8. The Hall–Kier alpha value is -6.18. The maximum Gasteiger partial charge on any atom is 0.407 e. The molecule has 3 fully saturated rings. The third-order valence-corrected chi connectivity index (χ3v) is 12.7. The quantitative estimate of drug-likeness (QED) is 0.0845. The number of nitrogens with zero attached hydrogens (tertiary/aromatic N) is 3. The van der Waals surface area contributed by atoms with Crippen LogP contribution in [0.2, 0.25) is 0 Å². The summed E-state index contributed by atoms with van der Waals surface area (Å²) in [6.45, 7) is 6.14. The van der Waals surface area contributed by atoms with E-state index in [1.54, 1.807) is 6.92 Å². The minimum Gasteiger partial charge on any atom is -0.453 e. The van der Waals surface area contributed by atoms with Crippen LogP contribution in [-0.4, -0.2) is 81.7 Å². The van der Waals surface area contributed by atoms with Gasteiger partial charge in [-0.1, -0.05) is 75.2 Å². The number of fused-ring (bicyclic) bond motifs is 1. The molecule has 1 aliphatic heterocycles. The van der Waals surface area contributed by atoms with E-state index in [9.17, 15) is 19.2 Å². The zero-order valence-corrected chi connectivity index (χ0v) is 34.8. The number of alkyl carbamates (subject to hydrolysis) is 2. The van der Waals surface area contributed by atoms with Gasteiger partial charge in [-0.3, -0.25) is 9.59 Å². The van der Waals surface area contributed by atoms with Crippen LogP contribution in [0.1, 0.15) is 89.4 Å². The summed E-state index contributed by atoms with van der Waals surface area (Å²) in [5.41, 5.74) is 6.02. The average Bonchev–Trinajstić information content (AvgIpc) is 3.83. The molecule has 14 nitrogen and oxygen atoms in total. The van der Waals surface area contributed by atoms with Crippen LogP contribution in [0.25, 0.3) is 44.4 Å². The molecule has 3 aromatic carbocycles. The Labute approximate surface area is 349 Å². The molecule has 2 aliphatic carbocycles. The van der Waals surface area contributed by atoms with Crippen molar-refractivity contribution in [3.63, 3.8) is 0 Å². The summed E-state index contributed by atoms with van der Waals surface area (Å²) in [6.07, 6.45) is 9.60. The summed E-state index contributed by atoms with van der Waals surface area (Å²) in [5.74, 6) is 1.20. The molecule has 4 atom stereocenters. The normalized spacial score (nSPS) is 18.6. The van der Waals surface area contributed by atoms with Crippen molar-refractivity contribution in [2.24, 2.45) is 17.3 Å². The Kier molecular flexibility index (Phi) is 11.4. The number of amides is 4. The minimum absolute atomic E-state index is 0.105. The fourth-order valence-corrected chi connectivity index (χ4v) is 8.96.